The Morgan fingerprint density at radius 3 is 2.43 bits per heavy atom. The third-order valence-corrected chi connectivity index (χ3v) is 3.76. The van der Waals surface area contributed by atoms with Crippen LogP contribution in [-0.2, 0) is 6.42 Å². The average Bonchev–Trinajstić information content (AvgIpc) is 2.89. The smallest absolute Gasteiger partial charge is 0.176 e. The van der Waals surface area contributed by atoms with E-state index in [-0.39, 0.29) is 0 Å². The first-order valence-electron chi connectivity index (χ1n) is 7.11. The third kappa shape index (κ3) is 2.42. The fraction of sp³-hybridized carbons (Fsp3) is 0.167. The van der Waals surface area contributed by atoms with Gasteiger partial charge in [0.25, 0.3) is 0 Å². The Hall–Kier alpha value is -2.55. The van der Waals surface area contributed by atoms with Gasteiger partial charge in [0.05, 0.1) is 5.56 Å². The van der Waals surface area contributed by atoms with E-state index in [1.54, 1.807) is 0 Å². The first-order valence-corrected chi connectivity index (χ1v) is 7.11. The molecular formula is C18H18N2O. The predicted molar refractivity (Wildman–Crippen MR) is 85.9 cm³/mol. The Morgan fingerprint density at radius 2 is 1.76 bits per heavy atom. The normalized spacial score (nSPS) is 10.8. The van der Waals surface area contributed by atoms with E-state index in [1.807, 2.05) is 18.2 Å². The SMILES string of the molecule is CCc1ccc(-c2onc(N)c2-c2ccccc2C)cc1. The van der Waals surface area contributed by atoms with Crippen LogP contribution < -0.4 is 5.73 Å². The van der Waals surface area contributed by atoms with Crippen molar-refractivity contribution in [1.29, 1.82) is 0 Å². The van der Waals surface area contributed by atoms with E-state index in [9.17, 15) is 0 Å². The second-order valence-electron chi connectivity index (χ2n) is 5.14. The van der Waals surface area contributed by atoms with Crippen LogP contribution in [-0.4, -0.2) is 5.16 Å². The molecule has 3 aromatic rings. The molecule has 0 radical (unpaired) electrons. The molecule has 0 fully saturated rings. The first-order chi connectivity index (χ1) is 10.2. The second-order valence-corrected chi connectivity index (χ2v) is 5.14. The predicted octanol–water partition coefficient (Wildman–Crippen LogP) is 4.46. The summed E-state index contributed by atoms with van der Waals surface area (Å²) in [6.07, 6.45) is 1.02. The van der Waals surface area contributed by atoms with E-state index < -0.39 is 0 Å². The lowest BCUT2D eigenvalue weighted by atomic mass is 9.97. The van der Waals surface area contributed by atoms with Gasteiger partial charge in [0.15, 0.2) is 11.6 Å². The monoisotopic (exact) mass is 278 g/mol. The Labute approximate surface area is 124 Å². The van der Waals surface area contributed by atoms with E-state index in [4.69, 9.17) is 10.3 Å². The highest BCUT2D eigenvalue weighted by Crippen LogP contribution is 2.37. The molecule has 0 unspecified atom stereocenters. The van der Waals surface area contributed by atoms with Crippen molar-refractivity contribution in [2.24, 2.45) is 0 Å². The van der Waals surface area contributed by atoms with Crippen LogP contribution in [0.3, 0.4) is 0 Å². The zero-order valence-electron chi connectivity index (χ0n) is 12.3. The van der Waals surface area contributed by atoms with Crippen molar-refractivity contribution in [2.75, 3.05) is 5.73 Å². The van der Waals surface area contributed by atoms with Crippen LogP contribution in [0.5, 0.6) is 0 Å². The molecular weight excluding hydrogens is 260 g/mol. The van der Waals surface area contributed by atoms with Gasteiger partial charge in [0.1, 0.15) is 0 Å². The molecule has 0 amide bonds. The molecule has 0 bridgehead atoms. The van der Waals surface area contributed by atoms with E-state index in [0.29, 0.717) is 5.82 Å². The summed E-state index contributed by atoms with van der Waals surface area (Å²) in [6.45, 7) is 4.20. The van der Waals surface area contributed by atoms with E-state index >= 15 is 0 Å². The molecule has 0 aliphatic heterocycles. The lowest BCUT2D eigenvalue weighted by Crippen LogP contribution is -1.91. The summed E-state index contributed by atoms with van der Waals surface area (Å²) < 4.78 is 5.49. The molecule has 0 aliphatic carbocycles. The molecule has 106 valence electrons. The molecule has 0 atom stereocenters. The molecule has 3 nitrogen and oxygen atoms in total. The van der Waals surface area contributed by atoms with Crippen molar-refractivity contribution >= 4 is 5.82 Å². The summed E-state index contributed by atoms with van der Waals surface area (Å²) >= 11 is 0. The minimum Gasteiger partial charge on any atom is -0.380 e. The van der Waals surface area contributed by atoms with E-state index in [0.717, 1.165) is 34.4 Å². The second kappa shape index (κ2) is 5.44. The number of anilines is 1. The van der Waals surface area contributed by atoms with Crippen molar-refractivity contribution in [2.45, 2.75) is 20.3 Å². The highest BCUT2D eigenvalue weighted by molar-refractivity contribution is 5.87. The minimum absolute atomic E-state index is 0.430. The lowest BCUT2D eigenvalue weighted by Gasteiger charge is -2.06. The van der Waals surface area contributed by atoms with E-state index in [2.05, 4.69) is 49.3 Å². The molecule has 0 saturated carbocycles. The van der Waals surface area contributed by atoms with Crippen LogP contribution in [0.15, 0.2) is 53.1 Å². The third-order valence-electron chi connectivity index (χ3n) is 3.76. The van der Waals surface area contributed by atoms with Gasteiger partial charge in [-0.25, -0.2) is 0 Å². The maximum absolute atomic E-state index is 6.03. The molecule has 3 rings (SSSR count). The van der Waals surface area contributed by atoms with Gasteiger partial charge in [-0.1, -0.05) is 60.6 Å². The summed E-state index contributed by atoms with van der Waals surface area (Å²) in [4.78, 5) is 0. The molecule has 0 spiro atoms. The van der Waals surface area contributed by atoms with Gasteiger partial charge in [-0.15, -0.1) is 0 Å². The lowest BCUT2D eigenvalue weighted by molar-refractivity contribution is 0.436. The molecule has 21 heavy (non-hydrogen) atoms. The average molecular weight is 278 g/mol. The molecule has 2 N–H and O–H groups in total. The number of rotatable bonds is 3. The maximum Gasteiger partial charge on any atom is 0.176 e. The molecule has 0 aliphatic rings. The summed E-state index contributed by atoms with van der Waals surface area (Å²) in [5.41, 5.74) is 11.4. The highest BCUT2D eigenvalue weighted by atomic mass is 16.5. The number of hydrogen-bond acceptors (Lipinski definition) is 3. The first kappa shape index (κ1) is 13.4. The number of benzene rings is 2. The zero-order valence-corrected chi connectivity index (χ0v) is 12.3. The van der Waals surface area contributed by atoms with Crippen LogP contribution in [0.1, 0.15) is 18.1 Å². The van der Waals surface area contributed by atoms with Gasteiger partial charge in [0.2, 0.25) is 0 Å². The van der Waals surface area contributed by atoms with E-state index in [1.165, 1.54) is 5.56 Å². The standard InChI is InChI=1S/C18H18N2O/c1-3-13-8-10-14(11-9-13)17-16(18(19)20-21-17)15-7-5-4-6-12(15)2/h4-11H,3H2,1-2H3,(H2,19,20). The summed E-state index contributed by atoms with van der Waals surface area (Å²) in [6, 6.07) is 16.4. The quantitative estimate of drug-likeness (QED) is 0.769. The summed E-state index contributed by atoms with van der Waals surface area (Å²) in [5.74, 6) is 1.16. The number of nitrogen functional groups attached to an aromatic ring is 1. The zero-order chi connectivity index (χ0) is 14.8. The summed E-state index contributed by atoms with van der Waals surface area (Å²) in [5, 5.41) is 3.96. The molecule has 1 heterocycles. The van der Waals surface area contributed by atoms with Crippen LogP contribution in [0.4, 0.5) is 5.82 Å². The Bertz CT molecular complexity index is 757. The van der Waals surface area contributed by atoms with Crippen LogP contribution in [0, 0.1) is 6.92 Å². The van der Waals surface area contributed by atoms with Gasteiger partial charge >= 0.3 is 0 Å². The number of nitrogens with two attached hydrogens (primary N) is 1. The van der Waals surface area contributed by atoms with Crippen molar-refractivity contribution in [3.05, 3.63) is 59.7 Å². The van der Waals surface area contributed by atoms with Gasteiger partial charge < -0.3 is 10.3 Å². The molecule has 0 saturated heterocycles. The van der Waals surface area contributed by atoms with Gasteiger partial charge in [-0.3, -0.25) is 0 Å². The topological polar surface area (TPSA) is 52.0 Å². The number of hydrogen-bond donors (Lipinski definition) is 1. The number of nitrogens with zero attached hydrogens (tertiary/aromatic N) is 1. The van der Waals surface area contributed by atoms with Crippen molar-refractivity contribution < 1.29 is 4.52 Å². The largest absolute Gasteiger partial charge is 0.380 e. The van der Waals surface area contributed by atoms with Crippen LogP contribution in [0.25, 0.3) is 22.5 Å². The Balaban J connectivity index is 2.15. The minimum atomic E-state index is 0.430. The fourth-order valence-corrected chi connectivity index (χ4v) is 2.50. The van der Waals surface area contributed by atoms with Crippen molar-refractivity contribution in [3.63, 3.8) is 0 Å². The highest BCUT2D eigenvalue weighted by Gasteiger charge is 2.18. The van der Waals surface area contributed by atoms with Crippen molar-refractivity contribution in [1.82, 2.24) is 5.16 Å². The van der Waals surface area contributed by atoms with Gasteiger partial charge in [-0.2, -0.15) is 0 Å². The number of aryl methyl sites for hydroxylation is 2. The Morgan fingerprint density at radius 1 is 1.05 bits per heavy atom. The van der Waals surface area contributed by atoms with Crippen LogP contribution >= 0.6 is 0 Å². The Kier molecular flexibility index (Phi) is 3.48. The fourth-order valence-electron chi connectivity index (χ4n) is 2.50. The molecule has 2 aromatic carbocycles. The number of aromatic nitrogens is 1. The summed E-state index contributed by atoms with van der Waals surface area (Å²) in [7, 11) is 0. The molecule has 3 heteroatoms. The van der Waals surface area contributed by atoms with Gasteiger partial charge in [0, 0.05) is 5.56 Å². The van der Waals surface area contributed by atoms with Crippen molar-refractivity contribution in [3.8, 4) is 22.5 Å². The van der Waals surface area contributed by atoms with Gasteiger partial charge in [-0.05, 0) is 30.0 Å². The molecule has 1 aromatic heterocycles. The van der Waals surface area contributed by atoms with Crippen LogP contribution in [0.2, 0.25) is 0 Å². The maximum atomic E-state index is 6.03.